The molecule has 6 nitrogen and oxygen atoms in total. The lowest BCUT2D eigenvalue weighted by molar-refractivity contribution is 0.531. The van der Waals surface area contributed by atoms with Gasteiger partial charge in [-0.1, -0.05) is 11.2 Å². The number of allylic oxidation sites excluding steroid dienone is 1. The monoisotopic (exact) mass is 189 g/mol. The molecule has 0 saturated carbocycles. The molecule has 1 atom stereocenters. The van der Waals surface area contributed by atoms with Gasteiger partial charge < -0.3 is 9.27 Å². The van der Waals surface area contributed by atoms with E-state index in [0.717, 1.165) is 0 Å². The van der Waals surface area contributed by atoms with Crippen molar-refractivity contribution in [1.82, 2.24) is 4.72 Å². The van der Waals surface area contributed by atoms with Gasteiger partial charge in [0.15, 0.2) is 0 Å². The first-order valence-electron chi connectivity index (χ1n) is 3.28. The van der Waals surface area contributed by atoms with Crippen LogP contribution in [0, 0.1) is 0 Å². The molecule has 0 aromatic heterocycles. The summed E-state index contributed by atoms with van der Waals surface area (Å²) in [7, 11) is 0. The molecule has 0 heterocycles. The van der Waals surface area contributed by atoms with Crippen molar-refractivity contribution in [3.05, 3.63) is 22.7 Å². The molecule has 0 saturated heterocycles. The molecule has 0 rings (SSSR count). The molecule has 1 unspecified atom stereocenters. The van der Waals surface area contributed by atoms with Gasteiger partial charge in [-0.15, -0.1) is 0 Å². The lowest BCUT2D eigenvalue weighted by Gasteiger charge is -2.00. The zero-order chi connectivity index (χ0) is 9.23. The van der Waals surface area contributed by atoms with Gasteiger partial charge in [-0.2, -0.15) is 0 Å². The van der Waals surface area contributed by atoms with Gasteiger partial charge in [-0.05, 0) is 18.4 Å². The summed E-state index contributed by atoms with van der Waals surface area (Å²) in [6.45, 7) is 0.432. The second kappa shape index (κ2) is 8.06. The Labute approximate surface area is 72.7 Å². The SMILES string of the molecule is [N-]=[N+]=NCCCC=CNS(=O)[O-]. The second-order valence-electron chi connectivity index (χ2n) is 1.85. The van der Waals surface area contributed by atoms with E-state index in [4.69, 9.17) is 5.53 Å². The third-order valence-corrected chi connectivity index (χ3v) is 1.30. The summed E-state index contributed by atoms with van der Waals surface area (Å²) >= 11 is -2.24. The van der Waals surface area contributed by atoms with E-state index in [1.165, 1.54) is 6.20 Å². The molecule has 0 aromatic rings. The third-order valence-electron chi connectivity index (χ3n) is 0.974. The van der Waals surface area contributed by atoms with Crippen molar-refractivity contribution >= 4 is 11.3 Å². The lowest BCUT2D eigenvalue weighted by atomic mass is 10.3. The van der Waals surface area contributed by atoms with Crippen molar-refractivity contribution in [1.29, 1.82) is 0 Å². The summed E-state index contributed by atoms with van der Waals surface area (Å²) in [6, 6.07) is 0. The number of hydrogen-bond donors (Lipinski definition) is 1. The van der Waals surface area contributed by atoms with Crippen LogP contribution in [0.4, 0.5) is 0 Å². The molecule has 12 heavy (non-hydrogen) atoms. The van der Waals surface area contributed by atoms with Crippen molar-refractivity contribution in [3.8, 4) is 0 Å². The Morgan fingerprint density at radius 3 is 3.08 bits per heavy atom. The Bertz CT molecular complexity index is 211. The van der Waals surface area contributed by atoms with Crippen LogP contribution in [0.2, 0.25) is 0 Å². The van der Waals surface area contributed by atoms with Crippen LogP contribution < -0.4 is 4.72 Å². The van der Waals surface area contributed by atoms with Crippen LogP contribution in [0.1, 0.15) is 12.8 Å². The number of nitrogens with one attached hydrogen (secondary N) is 1. The fraction of sp³-hybridized carbons (Fsp3) is 0.600. The van der Waals surface area contributed by atoms with Crippen LogP contribution in [0.25, 0.3) is 10.4 Å². The quantitative estimate of drug-likeness (QED) is 0.221. The van der Waals surface area contributed by atoms with E-state index in [-0.39, 0.29) is 0 Å². The normalized spacial score (nSPS) is 12.4. The Morgan fingerprint density at radius 2 is 2.50 bits per heavy atom. The Balaban J connectivity index is 3.24. The molecule has 0 spiro atoms. The van der Waals surface area contributed by atoms with Gasteiger partial charge in [-0.3, -0.25) is 4.21 Å². The predicted octanol–water partition coefficient (Wildman–Crippen LogP) is 0.974. The number of azide groups is 1. The first-order valence-corrected chi connectivity index (χ1v) is 4.36. The third kappa shape index (κ3) is 8.96. The maximum absolute atomic E-state index is 9.91. The summed E-state index contributed by atoms with van der Waals surface area (Å²) in [5, 5.41) is 3.31. The van der Waals surface area contributed by atoms with E-state index in [9.17, 15) is 8.76 Å². The van der Waals surface area contributed by atoms with Crippen LogP contribution in [-0.2, 0) is 11.3 Å². The molecular weight excluding hydrogens is 180 g/mol. The lowest BCUT2D eigenvalue weighted by Crippen LogP contribution is -2.07. The van der Waals surface area contributed by atoms with Crippen LogP contribution in [0.3, 0.4) is 0 Å². The molecule has 0 aromatic carbocycles. The first-order chi connectivity index (χ1) is 5.77. The smallest absolute Gasteiger partial charge is 0.0442 e. The molecule has 0 fully saturated rings. The molecule has 0 aliphatic heterocycles. The summed E-state index contributed by atoms with van der Waals surface area (Å²) in [5.74, 6) is 0. The summed E-state index contributed by atoms with van der Waals surface area (Å²) in [4.78, 5) is 2.57. The summed E-state index contributed by atoms with van der Waals surface area (Å²) in [5.41, 5.74) is 7.89. The molecule has 0 radical (unpaired) electrons. The van der Waals surface area contributed by atoms with Crippen molar-refractivity contribution in [2.45, 2.75) is 12.8 Å². The molecule has 1 N–H and O–H groups in total. The molecule has 0 bridgehead atoms. The van der Waals surface area contributed by atoms with E-state index in [1.54, 1.807) is 6.08 Å². The topological polar surface area (TPSA) is 101 Å². The van der Waals surface area contributed by atoms with Crippen molar-refractivity contribution < 1.29 is 8.76 Å². The number of rotatable bonds is 6. The Kier molecular flexibility index (Phi) is 7.36. The minimum absolute atomic E-state index is 0.432. The van der Waals surface area contributed by atoms with Gasteiger partial charge in [0.2, 0.25) is 0 Å². The van der Waals surface area contributed by atoms with Crippen LogP contribution in [0.15, 0.2) is 17.4 Å². The van der Waals surface area contributed by atoms with Gasteiger partial charge in [-0.25, -0.2) is 0 Å². The minimum Gasteiger partial charge on any atom is -0.755 e. The maximum Gasteiger partial charge on any atom is 0.0442 e. The highest BCUT2D eigenvalue weighted by atomic mass is 32.2. The van der Waals surface area contributed by atoms with Gasteiger partial charge in [0.05, 0.1) is 0 Å². The van der Waals surface area contributed by atoms with Crippen molar-refractivity contribution in [3.63, 3.8) is 0 Å². The maximum atomic E-state index is 9.91. The summed E-state index contributed by atoms with van der Waals surface area (Å²) in [6.07, 6.45) is 4.39. The highest BCUT2D eigenvalue weighted by Gasteiger charge is 1.79. The van der Waals surface area contributed by atoms with E-state index < -0.39 is 11.3 Å². The van der Waals surface area contributed by atoms with Gasteiger partial charge in [0.25, 0.3) is 0 Å². The standard InChI is InChI=1S/C5H10N4O2S/c6-9-7-4-2-1-3-5-8-12(10)11/h3,5,8H,1-2,4H2,(H,10,11)/p-1. The molecule has 68 valence electrons. The molecule has 7 heteroatoms. The zero-order valence-electron chi connectivity index (χ0n) is 6.34. The number of unbranched alkanes of at least 4 members (excludes halogenated alkanes) is 1. The predicted molar refractivity (Wildman–Crippen MR) is 44.4 cm³/mol. The summed E-state index contributed by atoms with van der Waals surface area (Å²) < 4.78 is 21.9. The number of nitrogens with zero attached hydrogens (tertiary/aromatic N) is 3. The average molecular weight is 189 g/mol. The van der Waals surface area contributed by atoms with Crippen molar-refractivity contribution in [2.75, 3.05) is 6.54 Å². The van der Waals surface area contributed by atoms with Crippen LogP contribution in [0.5, 0.6) is 0 Å². The highest BCUT2D eigenvalue weighted by Crippen LogP contribution is 1.90. The molecule has 0 amide bonds. The number of hydrogen-bond acceptors (Lipinski definition) is 3. The highest BCUT2D eigenvalue weighted by molar-refractivity contribution is 7.77. The van der Waals surface area contributed by atoms with E-state index in [2.05, 4.69) is 14.7 Å². The van der Waals surface area contributed by atoms with E-state index >= 15 is 0 Å². The average Bonchev–Trinajstić information content (AvgIpc) is 2.02. The van der Waals surface area contributed by atoms with E-state index in [1.807, 2.05) is 0 Å². The fourth-order valence-electron chi connectivity index (χ4n) is 0.512. The van der Waals surface area contributed by atoms with E-state index in [0.29, 0.717) is 19.4 Å². The Morgan fingerprint density at radius 1 is 1.75 bits per heavy atom. The van der Waals surface area contributed by atoms with Crippen LogP contribution >= 0.6 is 0 Å². The van der Waals surface area contributed by atoms with Crippen LogP contribution in [-0.4, -0.2) is 15.3 Å². The zero-order valence-corrected chi connectivity index (χ0v) is 7.16. The molecule has 0 aliphatic rings. The minimum atomic E-state index is -2.24. The van der Waals surface area contributed by atoms with Gasteiger partial charge >= 0.3 is 0 Å². The second-order valence-corrected chi connectivity index (χ2v) is 2.56. The Hall–Kier alpha value is -1.04. The molecular formula is C5H9N4O2S-. The fourth-order valence-corrected chi connectivity index (χ4v) is 0.719. The van der Waals surface area contributed by atoms with Gasteiger partial charge in [0, 0.05) is 28.9 Å². The first kappa shape index (κ1) is 11.0. The van der Waals surface area contributed by atoms with Crippen molar-refractivity contribution in [2.24, 2.45) is 5.11 Å². The largest absolute Gasteiger partial charge is 0.755 e. The van der Waals surface area contributed by atoms with Gasteiger partial charge in [0.1, 0.15) is 0 Å². The molecule has 0 aliphatic carbocycles.